The summed E-state index contributed by atoms with van der Waals surface area (Å²) in [5, 5.41) is 15.6. The Hall–Kier alpha value is -7.33. The van der Waals surface area contributed by atoms with Crippen molar-refractivity contribution in [2.75, 3.05) is 4.90 Å². The maximum absolute atomic E-state index is 12.7. The summed E-state index contributed by atoms with van der Waals surface area (Å²) in [5.41, 5.74) is 10.6. The van der Waals surface area contributed by atoms with Crippen LogP contribution in [0.15, 0.2) is 128 Å². The molecule has 0 amide bonds. The minimum atomic E-state index is -4.81. The molecule has 4 heterocycles. The number of alkyl halides is 3. The SMILES string of the molecule is Cc1cnc(/C([NH-])=C/C(=N)C(F)(F)F)cc1N(c1ccccc1)c1ccccc1.O=COc1ccnc(-c2cc(OC=O)cc(-c3cc(OC=O)ccn3)n2)c1.[N-]=C=S.[Ru+2]. The molecule has 0 radical (unpaired) electrons. The van der Waals surface area contributed by atoms with E-state index in [0.29, 0.717) is 47.5 Å². The number of benzene rings is 2. The number of carbonyl (C=O) groups excluding carboxylic acids is 3. The van der Waals surface area contributed by atoms with Gasteiger partial charge in [0.05, 0.1) is 34.2 Å². The largest absolute Gasteiger partial charge is 2.00 e. The van der Waals surface area contributed by atoms with Crippen LogP contribution in [-0.4, -0.2) is 56.4 Å². The average molecular weight is 920 g/mol. The van der Waals surface area contributed by atoms with E-state index in [1.807, 2.05) is 72.5 Å². The molecule has 14 nitrogen and oxygen atoms in total. The Bertz CT molecular complexity index is 2360. The standard InChI is InChI=1S/C22H18F3N4.C18H11N3O6.CNS.Ru/c1-15-14-28-19(18(26)12-21(27)22(23,24)25)13-20(15)29(16-8-4-2-5-9-16)17-10-6-3-7-11-17;22-9-25-12-1-3-19-15(5-12)17-7-14(27-11-24)8-18(21-17)16-6-13(26-10-23)2-4-20-16;2-1-3;/h2-14,26-27H,1H3;1-11H;;/q-1;;-1;+2/b18-12-,27-21?;;;. The van der Waals surface area contributed by atoms with Gasteiger partial charge >= 0.3 is 25.7 Å². The molecule has 6 aromatic rings. The molecule has 19 heteroatoms. The van der Waals surface area contributed by atoms with Gasteiger partial charge in [-0.3, -0.25) is 34.7 Å². The number of halogens is 3. The number of isothiocyanates is 1. The average Bonchev–Trinajstić information content (AvgIpc) is 3.23. The summed E-state index contributed by atoms with van der Waals surface area (Å²) in [7, 11) is 0. The Morgan fingerprint density at radius 1 is 0.750 bits per heavy atom. The van der Waals surface area contributed by atoms with Crippen LogP contribution >= 0.6 is 12.2 Å². The molecule has 0 aliphatic heterocycles. The van der Waals surface area contributed by atoms with E-state index in [0.717, 1.165) is 16.9 Å². The first kappa shape index (κ1) is 47.1. The molecule has 0 spiro atoms. The summed E-state index contributed by atoms with van der Waals surface area (Å²) >= 11 is 3.70. The minimum absolute atomic E-state index is 0. The Morgan fingerprint density at radius 3 is 1.62 bits per heavy atom. The van der Waals surface area contributed by atoms with Gasteiger partial charge in [0.15, 0.2) is 0 Å². The summed E-state index contributed by atoms with van der Waals surface area (Å²) < 4.78 is 52.5. The minimum Gasteiger partial charge on any atom is -0.753 e. The van der Waals surface area contributed by atoms with Crippen LogP contribution in [0, 0.1) is 12.3 Å². The van der Waals surface area contributed by atoms with E-state index in [9.17, 15) is 27.6 Å². The molecular weight excluding hydrogens is 891 g/mol. The number of thiocarbonyl (C=S) groups is 1. The summed E-state index contributed by atoms with van der Waals surface area (Å²) in [6.07, 6.45) is 0.0685. The normalized spacial score (nSPS) is 10.4. The Morgan fingerprint density at radius 2 is 1.18 bits per heavy atom. The first-order chi connectivity index (χ1) is 28.4. The number of allylic oxidation sites excluding steroid dienone is 1. The number of para-hydroxylation sites is 2. The number of hydrogen-bond acceptors (Lipinski definition) is 13. The molecule has 6 rings (SSSR count). The third kappa shape index (κ3) is 13.4. The van der Waals surface area contributed by atoms with E-state index in [-0.39, 0.29) is 48.9 Å². The number of nitrogens with zero attached hydrogens (tertiary/aromatic N) is 6. The first-order valence-corrected chi connectivity index (χ1v) is 17.1. The van der Waals surface area contributed by atoms with Gasteiger partial charge in [0.1, 0.15) is 23.0 Å². The molecule has 0 unspecified atom stereocenters. The third-order valence-corrected chi connectivity index (χ3v) is 7.55. The Labute approximate surface area is 358 Å². The summed E-state index contributed by atoms with van der Waals surface area (Å²) in [6.45, 7) is 2.72. The van der Waals surface area contributed by atoms with Gasteiger partial charge in [0.25, 0.3) is 19.4 Å². The van der Waals surface area contributed by atoms with Gasteiger partial charge in [-0.15, -0.1) is 5.70 Å². The molecule has 0 aliphatic rings. The summed E-state index contributed by atoms with van der Waals surface area (Å²) in [5.74, 6) is 0.760. The maximum atomic E-state index is 12.7. The van der Waals surface area contributed by atoms with Crippen molar-refractivity contribution in [2.45, 2.75) is 13.1 Å². The van der Waals surface area contributed by atoms with Crippen molar-refractivity contribution in [3.8, 4) is 40.0 Å². The second-order valence-corrected chi connectivity index (χ2v) is 11.6. The van der Waals surface area contributed by atoms with Crippen LogP contribution in [-0.2, 0) is 33.9 Å². The van der Waals surface area contributed by atoms with Crippen LogP contribution in [0.4, 0.5) is 30.2 Å². The molecule has 2 aromatic carbocycles. The second-order valence-electron chi connectivity index (χ2n) is 11.4. The Kier molecular flexibility index (Phi) is 18.2. The van der Waals surface area contributed by atoms with Crippen LogP contribution in [0.5, 0.6) is 17.2 Å². The predicted molar refractivity (Wildman–Crippen MR) is 216 cm³/mol. The monoisotopic (exact) mass is 920 g/mol. The second kappa shape index (κ2) is 23.2. The summed E-state index contributed by atoms with van der Waals surface area (Å²) in [6, 6.07) is 29.6. The zero-order valence-corrected chi connectivity index (χ0v) is 33.4. The number of ether oxygens (including phenoxy) is 3. The van der Waals surface area contributed by atoms with E-state index in [2.05, 4.69) is 32.2 Å². The van der Waals surface area contributed by atoms with Crippen molar-refractivity contribution in [1.29, 1.82) is 5.41 Å². The van der Waals surface area contributed by atoms with Gasteiger partial charge < -0.3 is 30.3 Å². The summed E-state index contributed by atoms with van der Waals surface area (Å²) in [4.78, 5) is 50.7. The predicted octanol–water partition coefficient (Wildman–Crippen LogP) is 9.30. The number of rotatable bonds is 13. The molecule has 4 aromatic heterocycles. The van der Waals surface area contributed by atoms with Crippen molar-refractivity contribution < 1.29 is 61.2 Å². The van der Waals surface area contributed by atoms with Crippen molar-refractivity contribution in [2.24, 2.45) is 0 Å². The van der Waals surface area contributed by atoms with Gasteiger partial charge in [-0.05, 0) is 61.0 Å². The third-order valence-electron chi connectivity index (χ3n) is 7.55. The topological polar surface area (TPSA) is 204 Å². The van der Waals surface area contributed by atoms with E-state index in [1.165, 1.54) is 60.1 Å². The quantitative estimate of drug-likeness (QED) is 0.0498. The van der Waals surface area contributed by atoms with Crippen LogP contribution in [0.3, 0.4) is 0 Å². The van der Waals surface area contributed by atoms with E-state index >= 15 is 0 Å². The van der Waals surface area contributed by atoms with E-state index in [1.54, 1.807) is 6.07 Å². The number of anilines is 3. The van der Waals surface area contributed by atoms with E-state index in [4.69, 9.17) is 30.8 Å². The smallest absolute Gasteiger partial charge is 0.753 e. The van der Waals surface area contributed by atoms with Crippen LogP contribution in [0.25, 0.3) is 39.6 Å². The fraction of sp³-hybridized carbons (Fsp3) is 0.0488. The molecule has 0 saturated carbocycles. The number of hydrogen-bond donors (Lipinski definition) is 1. The van der Waals surface area contributed by atoms with E-state index < -0.39 is 17.6 Å². The van der Waals surface area contributed by atoms with Crippen molar-refractivity contribution in [3.63, 3.8) is 0 Å². The number of aromatic nitrogens is 4. The zero-order valence-electron chi connectivity index (χ0n) is 30.9. The number of carbonyl (C=O) groups is 3. The van der Waals surface area contributed by atoms with Crippen molar-refractivity contribution >= 4 is 65.3 Å². The molecule has 2 N–H and O–H groups in total. The molecule has 60 heavy (non-hydrogen) atoms. The van der Waals surface area contributed by atoms with Gasteiger partial charge in [-0.1, -0.05) is 48.6 Å². The molecule has 0 fully saturated rings. The first-order valence-electron chi connectivity index (χ1n) is 16.7. The molecular formula is C41H29F3N8O6RuS. The van der Waals surface area contributed by atoms with Crippen molar-refractivity contribution in [3.05, 3.63) is 150 Å². The number of aryl methyl sites for hydroxylation is 1. The number of pyridine rings is 4. The van der Waals surface area contributed by atoms with Gasteiger partial charge in [-0.25, -0.2) is 4.98 Å². The van der Waals surface area contributed by atoms with Crippen LogP contribution in [0.1, 0.15) is 11.3 Å². The zero-order chi connectivity index (χ0) is 42.8. The molecule has 0 aliphatic carbocycles. The van der Waals surface area contributed by atoms with Gasteiger partial charge in [-0.2, -0.15) is 18.3 Å². The van der Waals surface area contributed by atoms with Gasteiger partial charge in [0.2, 0.25) is 0 Å². The van der Waals surface area contributed by atoms with Gasteiger partial charge in [0, 0.05) is 54.2 Å². The molecule has 0 bridgehead atoms. The molecule has 0 saturated heterocycles. The Balaban J connectivity index is 0.000000297. The number of nitrogens with one attached hydrogen (secondary N) is 2. The van der Waals surface area contributed by atoms with Crippen LogP contribution < -0.4 is 19.1 Å². The maximum Gasteiger partial charge on any atom is 2.00 e. The molecule has 304 valence electrons. The van der Waals surface area contributed by atoms with Crippen molar-refractivity contribution in [1.82, 2.24) is 19.9 Å². The fourth-order valence-corrected chi connectivity index (χ4v) is 5.03. The molecule has 0 atom stereocenters. The van der Waals surface area contributed by atoms with Crippen LogP contribution in [0.2, 0.25) is 0 Å². The fourth-order valence-electron chi connectivity index (χ4n) is 5.03.